The molecule has 0 aliphatic heterocycles. The minimum atomic E-state index is -1.06. The molecule has 0 saturated carbocycles. The van der Waals surface area contributed by atoms with Crippen LogP contribution in [0.2, 0.25) is 0 Å². The van der Waals surface area contributed by atoms with Gasteiger partial charge in [-0.3, -0.25) is 9.20 Å². The summed E-state index contributed by atoms with van der Waals surface area (Å²) in [7, 11) is 2.87. The van der Waals surface area contributed by atoms with Crippen LogP contribution in [0.5, 0.6) is 5.75 Å². The van der Waals surface area contributed by atoms with Crippen molar-refractivity contribution in [1.82, 2.24) is 19.7 Å². The molecular formula is C23H21F2N5O2. The van der Waals surface area contributed by atoms with Gasteiger partial charge >= 0.3 is 0 Å². The van der Waals surface area contributed by atoms with Crippen molar-refractivity contribution in [3.63, 3.8) is 0 Å². The van der Waals surface area contributed by atoms with E-state index in [1.807, 2.05) is 13.0 Å². The van der Waals surface area contributed by atoms with Gasteiger partial charge in [0.15, 0.2) is 23.0 Å². The second-order valence-corrected chi connectivity index (χ2v) is 6.99. The lowest BCUT2D eigenvalue weighted by atomic mass is 10.0. The highest BCUT2D eigenvalue weighted by Crippen LogP contribution is 2.31. The second-order valence-electron chi connectivity index (χ2n) is 6.99. The molecule has 0 aliphatic carbocycles. The zero-order valence-corrected chi connectivity index (χ0v) is 17.7. The lowest BCUT2D eigenvalue weighted by Gasteiger charge is -2.12. The Balaban J connectivity index is 1.74. The number of fused-ring (bicyclic) bond motifs is 1. The third-order valence-electron chi connectivity index (χ3n) is 5.19. The number of hydrogen-bond donors (Lipinski definition) is 2. The Morgan fingerprint density at radius 3 is 2.69 bits per heavy atom. The smallest absolute Gasteiger partial charge is 0.251 e. The van der Waals surface area contributed by atoms with Crippen molar-refractivity contribution in [2.75, 3.05) is 19.5 Å². The van der Waals surface area contributed by atoms with Gasteiger partial charge in [0, 0.05) is 36.3 Å². The Kier molecular flexibility index (Phi) is 5.72. The highest BCUT2D eigenvalue weighted by Gasteiger charge is 2.19. The van der Waals surface area contributed by atoms with Gasteiger partial charge in [0.2, 0.25) is 5.82 Å². The molecule has 9 heteroatoms. The largest absolute Gasteiger partial charge is 0.494 e. The van der Waals surface area contributed by atoms with Crippen LogP contribution in [0, 0.1) is 11.6 Å². The molecule has 0 radical (unpaired) electrons. The molecule has 2 aromatic heterocycles. The lowest BCUT2D eigenvalue weighted by Crippen LogP contribution is -2.19. The first-order valence-electron chi connectivity index (χ1n) is 9.94. The van der Waals surface area contributed by atoms with E-state index in [1.165, 1.54) is 31.6 Å². The molecule has 2 heterocycles. The number of hydrogen-bond acceptors (Lipinski definition) is 5. The third-order valence-corrected chi connectivity index (χ3v) is 5.19. The Bertz CT molecular complexity index is 1320. The van der Waals surface area contributed by atoms with Crippen molar-refractivity contribution >= 4 is 23.1 Å². The highest BCUT2D eigenvalue weighted by atomic mass is 19.2. The Morgan fingerprint density at radius 2 is 1.97 bits per heavy atom. The van der Waals surface area contributed by atoms with Crippen LogP contribution in [-0.2, 0) is 6.42 Å². The number of methoxy groups -OCH3 is 1. The van der Waals surface area contributed by atoms with E-state index in [1.54, 1.807) is 29.8 Å². The van der Waals surface area contributed by atoms with Gasteiger partial charge in [-0.1, -0.05) is 6.92 Å². The molecule has 0 unspecified atom stereocenters. The molecule has 2 aromatic carbocycles. The third kappa shape index (κ3) is 3.62. The zero-order valence-electron chi connectivity index (χ0n) is 17.7. The first-order valence-corrected chi connectivity index (χ1v) is 9.94. The fourth-order valence-electron chi connectivity index (χ4n) is 3.55. The van der Waals surface area contributed by atoms with Crippen LogP contribution in [-0.4, -0.2) is 34.4 Å². The summed E-state index contributed by atoms with van der Waals surface area (Å²) in [6.07, 6.45) is 5.29. The standard InChI is InChI=1S/C23H21F2N5O2/c1-4-13-11-14(5-6-15(13)23(31)26-2)29-21-22-28-12-17(30(22)10-9-27-21)16-7-8-18(32-3)20(25)19(16)24/h5-12H,4H2,1-3H3,(H,26,31)(H,27,29). The number of rotatable bonds is 6. The number of imidazole rings is 1. The normalized spacial score (nSPS) is 10.9. The molecule has 1 amide bonds. The predicted molar refractivity (Wildman–Crippen MR) is 117 cm³/mol. The van der Waals surface area contributed by atoms with E-state index in [-0.39, 0.29) is 17.2 Å². The SMILES string of the molecule is CCc1cc(Nc2nccn3c(-c4ccc(OC)c(F)c4F)cnc23)ccc1C(=O)NC. The van der Waals surface area contributed by atoms with Crippen LogP contribution in [0.3, 0.4) is 0 Å². The van der Waals surface area contributed by atoms with Gasteiger partial charge in [0.25, 0.3) is 5.91 Å². The average Bonchev–Trinajstić information content (AvgIpc) is 3.25. The number of halogens is 2. The molecule has 0 fully saturated rings. The molecule has 0 aliphatic rings. The number of carbonyl (C=O) groups excluding carboxylic acids is 1. The minimum absolute atomic E-state index is 0.0520. The molecule has 7 nitrogen and oxygen atoms in total. The number of nitrogens with one attached hydrogen (secondary N) is 2. The molecule has 4 aromatic rings. The number of aryl methyl sites for hydroxylation is 1. The summed E-state index contributed by atoms with van der Waals surface area (Å²) in [5.41, 5.74) is 3.06. The van der Waals surface area contributed by atoms with Crippen LogP contribution in [0.4, 0.5) is 20.3 Å². The zero-order chi connectivity index (χ0) is 22.8. The topological polar surface area (TPSA) is 80.6 Å². The maximum atomic E-state index is 14.6. The maximum absolute atomic E-state index is 14.6. The summed E-state index contributed by atoms with van der Waals surface area (Å²) >= 11 is 0. The van der Waals surface area contributed by atoms with Gasteiger partial charge in [0.05, 0.1) is 19.0 Å². The Hall–Kier alpha value is -4.01. The van der Waals surface area contributed by atoms with Gasteiger partial charge < -0.3 is 15.4 Å². The van der Waals surface area contributed by atoms with E-state index in [0.717, 1.165) is 11.3 Å². The number of ether oxygens (including phenoxy) is 1. The van der Waals surface area contributed by atoms with Crippen molar-refractivity contribution in [2.45, 2.75) is 13.3 Å². The van der Waals surface area contributed by atoms with E-state index in [9.17, 15) is 13.6 Å². The number of benzene rings is 2. The highest BCUT2D eigenvalue weighted by molar-refractivity contribution is 5.96. The minimum Gasteiger partial charge on any atom is -0.494 e. The average molecular weight is 437 g/mol. The maximum Gasteiger partial charge on any atom is 0.251 e. The van der Waals surface area contributed by atoms with E-state index in [2.05, 4.69) is 20.6 Å². The van der Waals surface area contributed by atoms with Gasteiger partial charge in [0.1, 0.15) is 0 Å². The van der Waals surface area contributed by atoms with Crippen LogP contribution in [0.25, 0.3) is 16.9 Å². The van der Waals surface area contributed by atoms with Gasteiger partial charge in [-0.05, 0) is 42.3 Å². The molecule has 32 heavy (non-hydrogen) atoms. The van der Waals surface area contributed by atoms with Gasteiger partial charge in [-0.2, -0.15) is 4.39 Å². The molecule has 2 N–H and O–H groups in total. The van der Waals surface area contributed by atoms with Crippen molar-refractivity contribution in [3.8, 4) is 17.0 Å². The van der Waals surface area contributed by atoms with Crippen LogP contribution < -0.4 is 15.4 Å². The first kappa shape index (κ1) is 21.2. The molecule has 164 valence electrons. The number of aromatic nitrogens is 3. The summed E-state index contributed by atoms with van der Waals surface area (Å²) in [6.45, 7) is 1.97. The molecule has 0 bridgehead atoms. The Morgan fingerprint density at radius 1 is 1.16 bits per heavy atom. The van der Waals surface area contributed by atoms with Gasteiger partial charge in [-0.15, -0.1) is 0 Å². The van der Waals surface area contributed by atoms with Crippen molar-refractivity contribution in [1.29, 1.82) is 0 Å². The molecule has 0 atom stereocenters. The molecule has 0 saturated heterocycles. The number of amides is 1. The van der Waals surface area contributed by atoms with Gasteiger partial charge in [-0.25, -0.2) is 14.4 Å². The number of nitrogens with zero attached hydrogens (tertiary/aromatic N) is 3. The summed E-state index contributed by atoms with van der Waals surface area (Å²) in [6, 6.07) is 8.20. The summed E-state index contributed by atoms with van der Waals surface area (Å²) in [4.78, 5) is 20.7. The summed E-state index contributed by atoms with van der Waals surface area (Å²) < 4.78 is 35.3. The van der Waals surface area contributed by atoms with E-state index < -0.39 is 11.6 Å². The number of anilines is 2. The van der Waals surface area contributed by atoms with Crippen LogP contribution in [0.1, 0.15) is 22.8 Å². The summed E-state index contributed by atoms with van der Waals surface area (Å²) in [5.74, 6) is -1.97. The molecule has 4 rings (SSSR count). The van der Waals surface area contributed by atoms with Crippen LogP contribution >= 0.6 is 0 Å². The van der Waals surface area contributed by atoms with E-state index >= 15 is 0 Å². The fraction of sp³-hybridized carbons (Fsp3) is 0.174. The van der Waals surface area contributed by atoms with E-state index in [4.69, 9.17) is 4.74 Å². The van der Waals surface area contributed by atoms with E-state index in [0.29, 0.717) is 29.1 Å². The quantitative estimate of drug-likeness (QED) is 0.469. The Labute approximate surface area is 183 Å². The van der Waals surface area contributed by atoms with Crippen LogP contribution in [0.15, 0.2) is 48.9 Å². The second kappa shape index (κ2) is 8.62. The summed E-state index contributed by atoms with van der Waals surface area (Å²) in [5, 5.41) is 5.83. The van der Waals surface area contributed by atoms with Crippen molar-refractivity contribution in [2.24, 2.45) is 0 Å². The molecular weight excluding hydrogens is 416 g/mol. The monoisotopic (exact) mass is 437 g/mol. The lowest BCUT2D eigenvalue weighted by molar-refractivity contribution is 0.0962. The first-order chi connectivity index (χ1) is 15.5. The number of carbonyl (C=O) groups is 1. The molecule has 0 spiro atoms. The van der Waals surface area contributed by atoms with Crippen molar-refractivity contribution < 1.29 is 18.3 Å². The van der Waals surface area contributed by atoms with Crippen molar-refractivity contribution in [3.05, 3.63) is 71.7 Å². The predicted octanol–water partition coefficient (Wildman–Crippen LogP) is 4.35. The fourth-order valence-corrected chi connectivity index (χ4v) is 3.55.